The van der Waals surface area contributed by atoms with Gasteiger partial charge in [0.15, 0.2) is 0 Å². The van der Waals surface area contributed by atoms with Crippen LogP contribution in [0.2, 0.25) is 0 Å². The van der Waals surface area contributed by atoms with Gasteiger partial charge in [0.1, 0.15) is 11.8 Å². The Morgan fingerprint density at radius 2 is 1.58 bits per heavy atom. The fourth-order valence-corrected chi connectivity index (χ4v) is 4.37. The summed E-state index contributed by atoms with van der Waals surface area (Å²) in [6.45, 7) is 5.98. The first-order chi connectivity index (χ1) is 17.6. The summed E-state index contributed by atoms with van der Waals surface area (Å²) in [5.41, 5.74) is 0.447. The van der Waals surface area contributed by atoms with E-state index in [1.807, 2.05) is 6.07 Å². The van der Waals surface area contributed by atoms with Crippen LogP contribution >= 0.6 is 0 Å². The van der Waals surface area contributed by atoms with Crippen LogP contribution in [-0.4, -0.2) is 55.0 Å². The lowest BCUT2D eigenvalue weighted by Gasteiger charge is -2.34. The molecular formula is C29H46N2O5. The highest BCUT2D eigenvalue weighted by Gasteiger charge is 2.35. The van der Waals surface area contributed by atoms with E-state index in [1.165, 1.54) is 49.8 Å². The molecule has 0 radical (unpaired) electrons. The Hall–Kier alpha value is -2.57. The number of hydrogen-bond acceptors (Lipinski definition) is 5. The molecule has 1 aromatic rings. The van der Waals surface area contributed by atoms with Crippen LogP contribution in [0.3, 0.4) is 0 Å². The predicted molar refractivity (Wildman–Crippen MR) is 142 cm³/mol. The molecule has 2 rings (SSSR count). The molecule has 1 aliphatic rings. The molecule has 7 nitrogen and oxygen atoms in total. The molecule has 36 heavy (non-hydrogen) atoms. The van der Waals surface area contributed by atoms with Crippen LogP contribution in [0.4, 0.5) is 0 Å². The number of rotatable bonds is 18. The van der Waals surface area contributed by atoms with Gasteiger partial charge in [-0.15, -0.1) is 0 Å². The Labute approximate surface area is 217 Å². The lowest BCUT2D eigenvalue weighted by atomic mass is 10.1. The maximum Gasteiger partial charge on any atom is 0.308 e. The minimum atomic E-state index is -0.865. The number of carbonyl (C=O) groups is 3. The van der Waals surface area contributed by atoms with Crippen molar-refractivity contribution in [3.05, 3.63) is 29.8 Å². The van der Waals surface area contributed by atoms with Gasteiger partial charge in [-0.1, -0.05) is 84.1 Å². The van der Waals surface area contributed by atoms with Crippen LogP contribution in [0.25, 0.3) is 0 Å². The van der Waals surface area contributed by atoms with E-state index < -0.39 is 12.0 Å². The van der Waals surface area contributed by atoms with Crippen LogP contribution in [0.1, 0.15) is 108 Å². The summed E-state index contributed by atoms with van der Waals surface area (Å²) >= 11 is 0. The standard InChI is InChI=1S/C29H46N2O5/c1-3-5-7-8-9-10-11-12-13-14-21-36-27(32)23-26-28(33)30-18-19-31(26)29(34)24-16-15-17-25(22-24)35-20-6-4-2/h15-17,22,26H,3-14,18-21,23H2,1-2H3,(H,30,33). The Morgan fingerprint density at radius 1 is 0.917 bits per heavy atom. The molecule has 7 heteroatoms. The molecule has 1 atom stereocenters. The van der Waals surface area contributed by atoms with Gasteiger partial charge >= 0.3 is 5.97 Å². The van der Waals surface area contributed by atoms with Crippen molar-refractivity contribution in [3.63, 3.8) is 0 Å². The number of hydrogen-bond donors (Lipinski definition) is 1. The Bertz CT molecular complexity index is 798. The van der Waals surface area contributed by atoms with E-state index in [-0.39, 0.29) is 18.2 Å². The third kappa shape index (κ3) is 11.0. The second kappa shape index (κ2) is 17.8. The van der Waals surface area contributed by atoms with Crippen LogP contribution in [0.5, 0.6) is 5.75 Å². The number of nitrogens with one attached hydrogen (secondary N) is 1. The number of piperazine rings is 1. The van der Waals surface area contributed by atoms with E-state index >= 15 is 0 Å². The number of benzene rings is 1. The van der Waals surface area contributed by atoms with Crippen molar-refractivity contribution < 1.29 is 23.9 Å². The first-order valence-corrected chi connectivity index (χ1v) is 14.0. The molecule has 0 bridgehead atoms. The maximum atomic E-state index is 13.2. The lowest BCUT2D eigenvalue weighted by Crippen LogP contribution is -2.57. The maximum absolute atomic E-state index is 13.2. The van der Waals surface area contributed by atoms with Gasteiger partial charge in [-0.05, 0) is 31.0 Å². The van der Waals surface area contributed by atoms with Crippen molar-refractivity contribution >= 4 is 17.8 Å². The quantitative estimate of drug-likeness (QED) is 0.207. The zero-order valence-electron chi connectivity index (χ0n) is 22.4. The van der Waals surface area contributed by atoms with Gasteiger partial charge in [-0.2, -0.15) is 0 Å². The van der Waals surface area contributed by atoms with Gasteiger partial charge in [0.25, 0.3) is 5.91 Å². The first-order valence-electron chi connectivity index (χ1n) is 14.0. The van der Waals surface area contributed by atoms with Gasteiger partial charge in [0, 0.05) is 18.7 Å². The second-order valence-corrected chi connectivity index (χ2v) is 9.64. The number of esters is 1. The topological polar surface area (TPSA) is 84.9 Å². The molecule has 1 heterocycles. The number of ether oxygens (including phenoxy) is 2. The summed E-state index contributed by atoms with van der Waals surface area (Å²) in [5.74, 6) is -0.412. The molecule has 1 N–H and O–H groups in total. The summed E-state index contributed by atoms with van der Waals surface area (Å²) in [5, 5.41) is 2.77. The van der Waals surface area contributed by atoms with E-state index in [0.717, 1.165) is 32.1 Å². The smallest absolute Gasteiger partial charge is 0.308 e. The highest BCUT2D eigenvalue weighted by atomic mass is 16.5. The van der Waals surface area contributed by atoms with Crippen molar-refractivity contribution in [1.82, 2.24) is 10.2 Å². The molecule has 1 unspecified atom stereocenters. The minimum absolute atomic E-state index is 0.137. The molecule has 202 valence electrons. The van der Waals surface area contributed by atoms with Gasteiger partial charge in [-0.25, -0.2) is 0 Å². The van der Waals surface area contributed by atoms with Crippen molar-refractivity contribution in [1.29, 1.82) is 0 Å². The largest absolute Gasteiger partial charge is 0.494 e. The van der Waals surface area contributed by atoms with E-state index in [9.17, 15) is 14.4 Å². The minimum Gasteiger partial charge on any atom is -0.494 e. The molecular weight excluding hydrogens is 456 g/mol. The normalized spacial score (nSPS) is 15.4. The molecule has 1 aromatic carbocycles. The molecule has 0 aromatic heterocycles. The van der Waals surface area contributed by atoms with Crippen LogP contribution < -0.4 is 10.1 Å². The van der Waals surface area contributed by atoms with Crippen LogP contribution in [0.15, 0.2) is 24.3 Å². The summed E-state index contributed by atoms with van der Waals surface area (Å²) in [6, 6.07) is 6.13. The number of amides is 2. The van der Waals surface area contributed by atoms with Crippen molar-refractivity contribution in [3.8, 4) is 5.75 Å². The molecule has 0 aliphatic carbocycles. The molecule has 1 aliphatic heterocycles. The Balaban J connectivity index is 1.75. The highest BCUT2D eigenvalue weighted by Crippen LogP contribution is 2.19. The van der Waals surface area contributed by atoms with Gasteiger partial charge < -0.3 is 19.7 Å². The van der Waals surface area contributed by atoms with Crippen LogP contribution in [-0.2, 0) is 14.3 Å². The van der Waals surface area contributed by atoms with E-state index in [1.54, 1.807) is 18.2 Å². The lowest BCUT2D eigenvalue weighted by molar-refractivity contribution is -0.147. The zero-order chi connectivity index (χ0) is 26.0. The third-order valence-corrected chi connectivity index (χ3v) is 6.56. The van der Waals surface area contributed by atoms with Crippen molar-refractivity contribution in [2.24, 2.45) is 0 Å². The second-order valence-electron chi connectivity index (χ2n) is 9.64. The summed E-state index contributed by atoms with van der Waals surface area (Å²) in [7, 11) is 0. The Morgan fingerprint density at radius 3 is 2.28 bits per heavy atom. The van der Waals surface area contributed by atoms with E-state index in [0.29, 0.717) is 37.6 Å². The Kier molecular flexibility index (Phi) is 14.7. The van der Waals surface area contributed by atoms with Gasteiger partial charge in [0.05, 0.1) is 19.6 Å². The average Bonchev–Trinajstić information content (AvgIpc) is 2.88. The molecule has 0 spiro atoms. The van der Waals surface area contributed by atoms with Gasteiger partial charge in [-0.3, -0.25) is 14.4 Å². The van der Waals surface area contributed by atoms with E-state index in [4.69, 9.17) is 9.47 Å². The molecule has 1 fully saturated rings. The van der Waals surface area contributed by atoms with Crippen LogP contribution in [0, 0.1) is 0 Å². The van der Waals surface area contributed by atoms with Crippen molar-refractivity contribution in [2.75, 3.05) is 26.3 Å². The molecule has 0 saturated carbocycles. The zero-order valence-corrected chi connectivity index (χ0v) is 22.4. The average molecular weight is 503 g/mol. The molecule has 1 saturated heterocycles. The fraction of sp³-hybridized carbons (Fsp3) is 0.690. The predicted octanol–water partition coefficient (Wildman–Crippen LogP) is 5.66. The van der Waals surface area contributed by atoms with Gasteiger partial charge in [0.2, 0.25) is 5.91 Å². The summed E-state index contributed by atoms with van der Waals surface area (Å²) in [4.78, 5) is 39.7. The summed E-state index contributed by atoms with van der Waals surface area (Å²) < 4.78 is 11.1. The van der Waals surface area contributed by atoms with E-state index in [2.05, 4.69) is 19.2 Å². The first kappa shape index (κ1) is 29.7. The summed E-state index contributed by atoms with van der Waals surface area (Å²) in [6.07, 6.45) is 13.9. The fourth-order valence-electron chi connectivity index (χ4n) is 4.37. The molecule has 2 amide bonds. The third-order valence-electron chi connectivity index (χ3n) is 6.56. The van der Waals surface area contributed by atoms with Crippen molar-refractivity contribution in [2.45, 2.75) is 103 Å². The SMILES string of the molecule is CCCCCCCCCCCCOC(=O)CC1C(=O)NCCN1C(=O)c1cccc(OCCCC)c1. The monoisotopic (exact) mass is 502 g/mol. The number of carbonyl (C=O) groups excluding carboxylic acids is 3. The highest BCUT2D eigenvalue weighted by molar-refractivity contribution is 5.99. The number of unbranched alkanes of at least 4 members (excludes halogenated alkanes) is 10. The number of nitrogens with zero attached hydrogens (tertiary/aromatic N) is 1.